The van der Waals surface area contributed by atoms with Crippen LogP contribution in [0.5, 0.6) is 0 Å². The van der Waals surface area contributed by atoms with Crippen molar-refractivity contribution in [2.24, 2.45) is 0 Å². The Balaban J connectivity index is 2.40. The highest BCUT2D eigenvalue weighted by Crippen LogP contribution is 2.35. The fourth-order valence-corrected chi connectivity index (χ4v) is 2.50. The molecule has 2 amide bonds. The van der Waals surface area contributed by atoms with Crippen LogP contribution in [0.3, 0.4) is 0 Å². The van der Waals surface area contributed by atoms with Gasteiger partial charge in [-0.05, 0) is 30.5 Å². The number of hydrogen-bond acceptors (Lipinski definition) is 3. The van der Waals surface area contributed by atoms with Crippen LogP contribution < -0.4 is 5.32 Å². The van der Waals surface area contributed by atoms with Crippen LogP contribution in [0.15, 0.2) is 29.2 Å². The fourth-order valence-electron chi connectivity index (χ4n) is 2.35. The Labute approximate surface area is 106 Å². The van der Waals surface area contributed by atoms with E-state index >= 15 is 0 Å². The molecule has 1 saturated heterocycles. The lowest BCUT2D eigenvalue weighted by Gasteiger charge is -2.34. The highest BCUT2D eigenvalue weighted by molar-refractivity contribution is 7.80. The number of thiol groups is 1. The molecule has 0 aliphatic carbocycles. The molecule has 17 heavy (non-hydrogen) atoms. The van der Waals surface area contributed by atoms with Crippen LogP contribution >= 0.6 is 12.6 Å². The van der Waals surface area contributed by atoms with Gasteiger partial charge in [-0.25, -0.2) is 0 Å². The predicted octanol–water partition coefficient (Wildman–Crippen LogP) is 2.06. The first-order chi connectivity index (χ1) is 8.08. The Bertz CT molecular complexity index is 455. The van der Waals surface area contributed by atoms with Crippen molar-refractivity contribution < 1.29 is 9.59 Å². The van der Waals surface area contributed by atoms with Crippen molar-refractivity contribution in [1.82, 2.24) is 5.32 Å². The molecule has 90 valence electrons. The molecular formula is C13H15NO2S. The van der Waals surface area contributed by atoms with E-state index in [0.717, 1.165) is 10.5 Å². The van der Waals surface area contributed by atoms with Gasteiger partial charge in [-0.1, -0.05) is 19.1 Å². The molecule has 1 aliphatic heterocycles. The number of benzene rings is 1. The van der Waals surface area contributed by atoms with Crippen molar-refractivity contribution in [3.8, 4) is 0 Å². The minimum Gasteiger partial charge on any atom is -0.296 e. The summed E-state index contributed by atoms with van der Waals surface area (Å²) in [6.07, 6.45) is 1.68. The van der Waals surface area contributed by atoms with Crippen LogP contribution in [0.25, 0.3) is 0 Å². The second-order valence-corrected chi connectivity index (χ2v) is 4.88. The van der Waals surface area contributed by atoms with Crippen LogP contribution in [0, 0.1) is 0 Å². The van der Waals surface area contributed by atoms with Crippen molar-refractivity contribution in [1.29, 1.82) is 0 Å². The first kappa shape index (κ1) is 12.2. The molecule has 1 aliphatic rings. The van der Waals surface area contributed by atoms with Gasteiger partial charge in [-0.2, -0.15) is 0 Å². The van der Waals surface area contributed by atoms with Gasteiger partial charge in [0.15, 0.2) is 0 Å². The van der Waals surface area contributed by atoms with Crippen molar-refractivity contribution in [2.45, 2.75) is 36.5 Å². The van der Waals surface area contributed by atoms with Crippen molar-refractivity contribution in [3.63, 3.8) is 0 Å². The van der Waals surface area contributed by atoms with Crippen LogP contribution in [0.4, 0.5) is 0 Å². The Morgan fingerprint density at radius 1 is 1.29 bits per heavy atom. The summed E-state index contributed by atoms with van der Waals surface area (Å²) in [4.78, 5) is 24.2. The number of carbonyl (C=O) groups excluding carboxylic acids is 2. The van der Waals surface area contributed by atoms with Crippen LogP contribution in [0.1, 0.15) is 31.7 Å². The monoisotopic (exact) mass is 249 g/mol. The van der Waals surface area contributed by atoms with Gasteiger partial charge < -0.3 is 0 Å². The van der Waals surface area contributed by atoms with Gasteiger partial charge in [-0.15, -0.1) is 12.6 Å². The molecule has 1 unspecified atom stereocenters. The van der Waals surface area contributed by atoms with Gasteiger partial charge in [0.1, 0.15) is 0 Å². The first-order valence-electron chi connectivity index (χ1n) is 5.72. The third-order valence-electron chi connectivity index (χ3n) is 3.49. The number of piperidine rings is 1. The van der Waals surface area contributed by atoms with E-state index in [9.17, 15) is 9.59 Å². The molecule has 1 atom stereocenters. The number of hydrogen-bond donors (Lipinski definition) is 2. The molecule has 1 aromatic carbocycles. The van der Waals surface area contributed by atoms with Crippen LogP contribution in [0.2, 0.25) is 0 Å². The molecule has 2 rings (SSSR count). The number of rotatable bonds is 2. The van der Waals surface area contributed by atoms with E-state index in [1.807, 2.05) is 31.2 Å². The van der Waals surface area contributed by atoms with Gasteiger partial charge in [-0.3, -0.25) is 14.9 Å². The van der Waals surface area contributed by atoms with Crippen LogP contribution in [-0.2, 0) is 15.0 Å². The molecule has 1 fully saturated rings. The minimum absolute atomic E-state index is 0.176. The Hall–Kier alpha value is -1.29. The smallest absolute Gasteiger partial charge is 0.237 e. The predicted molar refractivity (Wildman–Crippen MR) is 68.0 cm³/mol. The highest BCUT2D eigenvalue weighted by atomic mass is 32.1. The zero-order chi connectivity index (χ0) is 12.5. The second kappa shape index (κ2) is 4.53. The van der Waals surface area contributed by atoms with Gasteiger partial charge in [0.25, 0.3) is 0 Å². The van der Waals surface area contributed by atoms with Crippen molar-refractivity contribution in [2.75, 3.05) is 0 Å². The molecule has 0 spiro atoms. The van der Waals surface area contributed by atoms with Gasteiger partial charge in [0.05, 0.1) is 5.41 Å². The maximum absolute atomic E-state index is 12.1. The Kier molecular flexibility index (Phi) is 3.24. The summed E-state index contributed by atoms with van der Waals surface area (Å²) in [5.74, 6) is -0.354. The summed E-state index contributed by atoms with van der Waals surface area (Å²) in [5, 5.41) is 2.44. The molecule has 0 saturated carbocycles. The Morgan fingerprint density at radius 3 is 2.47 bits per heavy atom. The molecule has 0 bridgehead atoms. The zero-order valence-electron chi connectivity index (χ0n) is 9.69. The third-order valence-corrected chi connectivity index (χ3v) is 3.79. The normalized spacial score (nSPS) is 24.6. The molecule has 3 nitrogen and oxygen atoms in total. The molecule has 1 heterocycles. The number of imide groups is 1. The molecular weight excluding hydrogens is 234 g/mol. The second-order valence-electron chi connectivity index (χ2n) is 4.36. The van der Waals surface area contributed by atoms with Gasteiger partial charge in [0.2, 0.25) is 11.8 Å². The first-order valence-corrected chi connectivity index (χ1v) is 6.17. The molecule has 0 radical (unpaired) electrons. The lowest BCUT2D eigenvalue weighted by molar-refractivity contribution is -0.138. The topological polar surface area (TPSA) is 46.2 Å². The largest absolute Gasteiger partial charge is 0.296 e. The molecule has 1 aromatic rings. The number of amides is 2. The Morgan fingerprint density at radius 2 is 1.94 bits per heavy atom. The number of carbonyl (C=O) groups is 2. The lowest BCUT2D eigenvalue weighted by Crippen LogP contribution is -2.51. The van der Waals surface area contributed by atoms with E-state index in [-0.39, 0.29) is 11.8 Å². The van der Waals surface area contributed by atoms with Crippen molar-refractivity contribution >= 4 is 24.4 Å². The van der Waals surface area contributed by atoms with E-state index in [4.69, 9.17) is 0 Å². The minimum atomic E-state index is -0.560. The van der Waals surface area contributed by atoms with Crippen molar-refractivity contribution in [3.05, 3.63) is 29.8 Å². The maximum atomic E-state index is 12.1. The third kappa shape index (κ3) is 2.09. The lowest BCUT2D eigenvalue weighted by atomic mass is 9.72. The standard InChI is InChI=1S/C13H15NO2S/c1-2-13(8-7-11(15)14-12(13)16)9-3-5-10(17)6-4-9/h3-6,17H,2,7-8H2,1H3,(H,14,15,16). The quantitative estimate of drug-likeness (QED) is 0.622. The van der Waals surface area contributed by atoms with E-state index in [0.29, 0.717) is 19.3 Å². The summed E-state index contributed by atoms with van der Waals surface area (Å²) in [6, 6.07) is 7.58. The highest BCUT2D eigenvalue weighted by Gasteiger charge is 2.42. The van der Waals surface area contributed by atoms with Crippen LogP contribution in [-0.4, -0.2) is 11.8 Å². The molecule has 4 heteroatoms. The molecule has 1 N–H and O–H groups in total. The van der Waals surface area contributed by atoms with Gasteiger partial charge in [0, 0.05) is 11.3 Å². The van der Waals surface area contributed by atoms with E-state index in [1.165, 1.54) is 0 Å². The summed E-state index contributed by atoms with van der Waals surface area (Å²) in [7, 11) is 0. The average molecular weight is 249 g/mol. The van der Waals surface area contributed by atoms with E-state index < -0.39 is 5.41 Å². The maximum Gasteiger partial charge on any atom is 0.237 e. The van der Waals surface area contributed by atoms with E-state index in [1.54, 1.807) is 0 Å². The number of nitrogens with one attached hydrogen (secondary N) is 1. The summed E-state index contributed by atoms with van der Waals surface area (Å²) in [6.45, 7) is 1.98. The summed E-state index contributed by atoms with van der Waals surface area (Å²) in [5.41, 5.74) is 0.401. The fraction of sp³-hybridized carbons (Fsp3) is 0.385. The summed E-state index contributed by atoms with van der Waals surface area (Å²) < 4.78 is 0. The average Bonchev–Trinajstić information content (AvgIpc) is 2.31. The molecule has 0 aromatic heterocycles. The van der Waals surface area contributed by atoms with E-state index in [2.05, 4.69) is 17.9 Å². The van der Waals surface area contributed by atoms with Gasteiger partial charge >= 0.3 is 0 Å². The summed E-state index contributed by atoms with van der Waals surface area (Å²) >= 11 is 4.23. The zero-order valence-corrected chi connectivity index (χ0v) is 10.6. The SMILES string of the molecule is CCC1(c2ccc(S)cc2)CCC(=O)NC1=O.